The third kappa shape index (κ3) is 3.86. The fraction of sp³-hybridized carbons (Fsp3) is 0.467. The maximum Gasteiger partial charge on any atom is 0.306 e. The van der Waals surface area contributed by atoms with Crippen molar-refractivity contribution < 1.29 is 14.7 Å². The SMILES string of the molecule is O=C(NC[C@@H]1CCCC[C@@H]1C(=O)O)c1c(Cl)ccc(Cl)c1Cl. The Morgan fingerprint density at radius 3 is 2.45 bits per heavy atom. The van der Waals surface area contributed by atoms with E-state index < -0.39 is 17.8 Å². The molecule has 4 nitrogen and oxygen atoms in total. The van der Waals surface area contributed by atoms with Gasteiger partial charge >= 0.3 is 5.97 Å². The largest absolute Gasteiger partial charge is 0.481 e. The summed E-state index contributed by atoms with van der Waals surface area (Å²) in [6.45, 7) is 0.287. The summed E-state index contributed by atoms with van der Waals surface area (Å²) >= 11 is 17.9. The van der Waals surface area contributed by atoms with Gasteiger partial charge in [0.1, 0.15) is 0 Å². The van der Waals surface area contributed by atoms with Crippen LogP contribution in [0.3, 0.4) is 0 Å². The Balaban J connectivity index is 2.07. The van der Waals surface area contributed by atoms with Crippen LogP contribution in [0.2, 0.25) is 15.1 Å². The Bertz CT molecular complexity index is 592. The molecule has 0 bridgehead atoms. The second kappa shape index (κ2) is 7.53. The first-order valence-corrected chi connectivity index (χ1v) is 8.19. The fourth-order valence-electron chi connectivity index (χ4n) is 2.82. The Hall–Kier alpha value is -0.970. The Kier molecular flexibility index (Phi) is 5.95. The van der Waals surface area contributed by atoms with Crippen molar-refractivity contribution in [2.24, 2.45) is 11.8 Å². The third-order valence-electron chi connectivity index (χ3n) is 4.02. The number of halogens is 3. The van der Waals surface area contributed by atoms with Gasteiger partial charge in [0.05, 0.1) is 26.5 Å². The highest BCUT2D eigenvalue weighted by Gasteiger charge is 2.31. The number of nitrogens with one attached hydrogen (secondary N) is 1. The van der Waals surface area contributed by atoms with Gasteiger partial charge in [0.15, 0.2) is 0 Å². The summed E-state index contributed by atoms with van der Waals surface area (Å²) in [4.78, 5) is 23.5. The van der Waals surface area contributed by atoms with Crippen LogP contribution in [-0.2, 0) is 4.79 Å². The predicted octanol–water partition coefficient (Wildman–Crippen LogP) is 4.27. The van der Waals surface area contributed by atoms with E-state index in [1.807, 2.05) is 0 Å². The first kappa shape index (κ1) is 17.4. The number of carboxylic acids is 1. The van der Waals surface area contributed by atoms with Gasteiger partial charge in [-0.2, -0.15) is 0 Å². The van der Waals surface area contributed by atoms with Gasteiger partial charge in [-0.3, -0.25) is 9.59 Å². The van der Waals surface area contributed by atoms with Crippen molar-refractivity contribution in [3.05, 3.63) is 32.8 Å². The van der Waals surface area contributed by atoms with E-state index in [4.69, 9.17) is 34.8 Å². The maximum atomic E-state index is 12.3. The van der Waals surface area contributed by atoms with E-state index in [0.717, 1.165) is 19.3 Å². The standard InChI is InChI=1S/C15H16Cl3NO3/c16-10-5-6-11(17)13(18)12(10)14(20)19-7-8-3-1-2-4-9(8)15(21)22/h5-6,8-9H,1-4,7H2,(H,19,20)(H,21,22)/t8-,9-/m0/s1. The molecular formula is C15H16Cl3NO3. The van der Waals surface area contributed by atoms with Crippen LogP contribution in [0.1, 0.15) is 36.0 Å². The number of carbonyl (C=O) groups excluding carboxylic acids is 1. The van der Waals surface area contributed by atoms with Gasteiger partial charge in [0, 0.05) is 6.54 Å². The number of rotatable bonds is 4. The zero-order valence-corrected chi connectivity index (χ0v) is 14.0. The summed E-state index contributed by atoms with van der Waals surface area (Å²) in [6.07, 6.45) is 3.32. The lowest BCUT2D eigenvalue weighted by molar-refractivity contribution is -0.144. The van der Waals surface area contributed by atoms with Crippen LogP contribution in [0.25, 0.3) is 0 Å². The summed E-state index contributed by atoms with van der Waals surface area (Å²) in [5, 5.41) is 12.5. The number of amides is 1. The molecule has 0 spiro atoms. The van der Waals surface area contributed by atoms with Crippen LogP contribution in [-0.4, -0.2) is 23.5 Å². The average molecular weight is 365 g/mol. The molecule has 0 unspecified atom stereocenters. The minimum Gasteiger partial charge on any atom is -0.481 e. The van der Waals surface area contributed by atoms with Crippen LogP contribution < -0.4 is 5.32 Å². The molecule has 0 aromatic heterocycles. The number of carbonyl (C=O) groups is 2. The smallest absolute Gasteiger partial charge is 0.306 e. The molecule has 0 saturated heterocycles. The van der Waals surface area contributed by atoms with Gasteiger partial charge in [-0.1, -0.05) is 47.6 Å². The van der Waals surface area contributed by atoms with Crippen molar-refractivity contribution in [2.45, 2.75) is 25.7 Å². The molecule has 1 aliphatic rings. The minimum atomic E-state index is -0.808. The molecule has 120 valence electrons. The normalized spacial score (nSPS) is 21.4. The lowest BCUT2D eigenvalue weighted by Crippen LogP contribution is -2.37. The highest BCUT2D eigenvalue weighted by atomic mass is 35.5. The highest BCUT2D eigenvalue weighted by Crippen LogP contribution is 2.32. The Labute approximate surface area is 143 Å². The molecule has 2 rings (SSSR count). The number of hydrogen-bond acceptors (Lipinski definition) is 2. The topological polar surface area (TPSA) is 66.4 Å². The molecule has 1 aliphatic carbocycles. The lowest BCUT2D eigenvalue weighted by atomic mass is 9.79. The lowest BCUT2D eigenvalue weighted by Gasteiger charge is -2.28. The number of benzene rings is 1. The molecular weight excluding hydrogens is 349 g/mol. The van der Waals surface area contributed by atoms with E-state index >= 15 is 0 Å². The van der Waals surface area contributed by atoms with E-state index in [9.17, 15) is 14.7 Å². The molecule has 1 fully saturated rings. The van der Waals surface area contributed by atoms with Crippen LogP contribution in [0.15, 0.2) is 12.1 Å². The second-order valence-corrected chi connectivity index (χ2v) is 6.61. The van der Waals surface area contributed by atoms with Crippen molar-refractivity contribution in [3.8, 4) is 0 Å². The van der Waals surface area contributed by atoms with Gasteiger partial charge < -0.3 is 10.4 Å². The van der Waals surface area contributed by atoms with Gasteiger partial charge in [-0.05, 0) is 30.9 Å². The number of carboxylic acid groups (broad SMARTS) is 1. The Morgan fingerprint density at radius 2 is 1.77 bits per heavy atom. The van der Waals surface area contributed by atoms with Gasteiger partial charge in [-0.15, -0.1) is 0 Å². The van der Waals surface area contributed by atoms with Crippen LogP contribution >= 0.6 is 34.8 Å². The fourth-order valence-corrected chi connectivity index (χ4v) is 3.52. The van der Waals surface area contributed by atoms with Crippen molar-refractivity contribution in [3.63, 3.8) is 0 Å². The van der Waals surface area contributed by atoms with Crippen LogP contribution in [0, 0.1) is 11.8 Å². The summed E-state index contributed by atoms with van der Waals surface area (Å²) in [6, 6.07) is 3.02. The molecule has 22 heavy (non-hydrogen) atoms. The van der Waals surface area contributed by atoms with Crippen molar-refractivity contribution in [2.75, 3.05) is 6.54 Å². The first-order chi connectivity index (χ1) is 10.4. The number of hydrogen-bond donors (Lipinski definition) is 2. The maximum absolute atomic E-state index is 12.3. The molecule has 0 heterocycles. The van der Waals surface area contributed by atoms with E-state index in [1.165, 1.54) is 12.1 Å². The molecule has 1 saturated carbocycles. The quantitative estimate of drug-likeness (QED) is 0.784. The predicted molar refractivity (Wildman–Crippen MR) is 86.9 cm³/mol. The molecule has 0 radical (unpaired) electrons. The molecule has 2 N–H and O–H groups in total. The molecule has 1 aromatic carbocycles. The molecule has 2 atom stereocenters. The molecule has 1 aromatic rings. The van der Waals surface area contributed by atoms with Crippen LogP contribution in [0.4, 0.5) is 0 Å². The summed E-state index contributed by atoms with van der Waals surface area (Å²) in [5.74, 6) is -1.74. The second-order valence-electron chi connectivity index (χ2n) is 5.42. The Morgan fingerprint density at radius 1 is 1.14 bits per heavy atom. The van der Waals surface area contributed by atoms with Crippen molar-refractivity contribution in [1.29, 1.82) is 0 Å². The molecule has 7 heteroatoms. The van der Waals surface area contributed by atoms with E-state index in [0.29, 0.717) is 6.42 Å². The zero-order valence-electron chi connectivity index (χ0n) is 11.7. The average Bonchev–Trinajstić information content (AvgIpc) is 2.49. The zero-order chi connectivity index (χ0) is 16.3. The van der Waals surface area contributed by atoms with Gasteiger partial charge in [0.25, 0.3) is 5.91 Å². The first-order valence-electron chi connectivity index (χ1n) is 7.06. The van der Waals surface area contributed by atoms with Gasteiger partial charge in [0.2, 0.25) is 0 Å². The van der Waals surface area contributed by atoms with Crippen LogP contribution in [0.5, 0.6) is 0 Å². The minimum absolute atomic E-state index is 0.0769. The highest BCUT2D eigenvalue weighted by molar-refractivity contribution is 6.46. The molecule has 0 aliphatic heterocycles. The van der Waals surface area contributed by atoms with E-state index in [-0.39, 0.29) is 33.1 Å². The monoisotopic (exact) mass is 363 g/mol. The van der Waals surface area contributed by atoms with E-state index in [1.54, 1.807) is 0 Å². The molecule has 1 amide bonds. The summed E-state index contributed by atoms with van der Waals surface area (Å²) in [7, 11) is 0. The third-order valence-corrected chi connectivity index (χ3v) is 5.14. The van der Waals surface area contributed by atoms with Crippen molar-refractivity contribution >= 4 is 46.7 Å². The van der Waals surface area contributed by atoms with Gasteiger partial charge in [-0.25, -0.2) is 0 Å². The van der Waals surface area contributed by atoms with Crippen molar-refractivity contribution in [1.82, 2.24) is 5.32 Å². The summed E-state index contributed by atoms with van der Waals surface area (Å²) in [5.41, 5.74) is 0.124. The van der Waals surface area contributed by atoms with E-state index in [2.05, 4.69) is 5.32 Å². The summed E-state index contributed by atoms with van der Waals surface area (Å²) < 4.78 is 0. The number of aliphatic carboxylic acids is 1.